The van der Waals surface area contributed by atoms with Crippen molar-refractivity contribution in [1.82, 2.24) is 9.88 Å². The Labute approximate surface area is 169 Å². The van der Waals surface area contributed by atoms with Gasteiger partial charge >= 0.3 is 5.97 Å². The van der Waals surface area contributed by atoms with Gasteiger partial charge in [0.2, 0.25) is 5.88 Å². The Morgan fingerprint density at radius 2 is 1.93 bits per heavy atom. The molecule has 2 fully saturated rings. The van der Waals surface area contributed by atoms with Gasteiger partial charge in [0.1, 0.15) is 17.9 Å². The summed E-state index contributed by atoms with van der Waals surface area (Å²) in [6.07, 6.45) is 2.12. The van der Waals surface area contributed by atoms with Crippen LogP contribution in [0.5, 0.6) is 5.88 Å². The molecule has 0 aromatic carbocycles. The fourth-order valence-corrected chi connectivity index (χ4v) is 3.01. The summed E-state index contributed by atoms with van der Waals surface area (Å²) < 4.78 is 37.1. The lowest BCUT2D eigenvalue weighted by molar-refractivity contribution is -0.142. The molecule has 2 aliphatic rings. The van der Waals surface area contributed by atoms with Gasteiger partial charge in [-0.05, 0) is 51.7 Å². The van der Waals surface area contributed by atoms with Crippen molar-refractivity contribution in [2.45, 2.75) is 45.1 Å². The van der Waals surface area contributed by atoms with Crippen LogP contribution in [0, 0.1) is 5.92 Å². The maximum atomic E-state index is 13.3. The van der Waals surface area contributed by atoms with E-state index in [0.717, 1.165) is 12.8 Å². The largest absolute Gasteiger partial charge is 0.476 e. The highest BCUT2D eigenvalue weighted by Crippen LogP contribution is 2.38. The quantitative estimate of drug-likeness (QED) is 0.643. The average Bonchev–Trinajstić information content (AvgIpc) is 3.44. The average molecular weight is 411 g/mol. The van der Waals surface area contributed by atoms with E-state index in [1.807, 2.05) is 0 Å². The van der Waals surface area contributed by atoms with Gasteiger partial charge in [0.15, 0.2) is 0 Å². The maximum absolute atomic E-state index is 13.3. The third-order valence-corrected chi connectivity index (χ3v) is 4.97. The van der Waals surface area contributed by atoms with E-state index in [4.69, 9.17) is 9.47 Å². The molecule has 0 unspecified atom stereocenters. The van der Waals surface area contributed by atoms with Crippen molar-refractivity contribution in [1.29, 1.82) is 0 Å². The summed E-state index contributed by atoms with van der Waals surface area (Å²) in [5, 5.41) is 0. The molecule has 1 aliphatic heterocycles. The monoisotopic (exact) mass is 411 g/mol. The summed E-state index contributed by atoms with van der Waals surface area (Å²) in [6.45, 7) is 4.81. The number of esters is 1. The normalized spacial score (nSPS) is 18.1. The molecular formula is C20H27F2N3O4. The van der Waals surface area contributed by atoms with E-state index in [1.165, 1.54) is 23.0 Å². The van der Waals surface area contributed by atoms with Crippen LogP contribution in [0.4, 0.5) is 14.5 Å². The van der Waals surface area contributed by atoms with Crippen LogP contribution in [0.2, 0.25) is 0 Å². The number of hydrogen-bond donors (Lipinski definition) is 0. The molecule has 1 amide bonds. The van der Waals surface area contributed by atoms with E-state index in [9.17, 15) is 18.4 Å². The topological polar surface area (TPSA) is 72.0 Å². The molecule has 0 N–H and O–H groups in total. The van der Waals surface area contributed by atoms with E-state index < -0.39 is 36.4 Å². The summed E-state index contributed by atoms with van der Waals surface area (Å²) in [4.78, 5) is 32.0. The minimum absolute atomic E-state index is 0.0886. The number of aromatic nitrogens is 1. The first-order valence-corrected chi connectivity index (χ1v) is 9.65. The number of hydrogen-bond acceptors (Lipinski definition) is 6. The molecule has 1 aromatic rings. The van der Waals surface area contributed by atoms with Crippen LogP contribution in [0.25, 0.3) is 0 Å². The second kappa shape index (κ2) is 7.76. The van der Waals surface area contributed by atoms with E-state index in [2.05, 4.69) is 4.98 Å². The predicted octanol–water partition coefficient (Wildman–Crippen LogP) is 2.74. The van der Waals surface area contributed by atoms with Gasteiger partial charge in [-0.3, -0.25) is 9.59 Å². The highest BCUT2D eigenvalue weighted by molar-refractivity contribution is 5.95. The number of anilines is 1. The molecule has 0 spiro atoms. The van der Waals surface area contributed by atoms with Crippen LogP contribution in [-0.4, -0.2) is 66.6 Å². The molecule has 9 heteroatoms. The number of methoxy groups -OCH3 is 1. The van der Waals surface area contributed by atoms with E-state index >= 15 is 0 Å². The number of halogens is 2. The molecule has 7 nitrogen and oxygen atoms in total. The van der Waals surface area contributed by atoms with Gasteiger partial charge in [0.05, 0.1) is 26.8 Å². The number of alkyl halides is 2. The Morgan fingerprint density at radius 1 is 1.28 bits per heavy atom. The minimum atomic E-state index is -2.73. The molecule has 3 rings (SSSR count). The fraction of sp³-hybridized carbons (Fsp3) is 0.650. The van der Waals surface area contributed by atoms with Gasteiger partial charge in [-0.15, -0.1) is 0 Å². The van der Waals surface area contributed by atoms with Gasteiger partial charge in [-0.25, -0.2) is 13.8 Å². The number of amides is 1. The molecule has 29 heavy (non-hydrogen) atoms. The first kappa shape index (κ1) is 21.3. The van der Waals surface area contributed by atoms with Crippen LogP contribution in [0.3, 0.4) is 0 Å². The first-order valence-electron chi connectivity index (χ1n) is 9.65. The van der Waals surface area contributed by atoms with E-state index in [1.54, 1.807) is 26.8 Å². The summed E-state index contributed by atoms with van der Waals surface area (Å²) in [5.41, 5.74) is -0.116. The van der Waals surface area contributed by atoms with Crippen LogP contribution in [0.15, 0.2) is 12.1 Å². The van der Waals surface area contributed by atoms with Gasteiger partial charge in [-0.2, -0.15) is 0 Å². The van der Waals surface area contributed by atoms with Crippen molar-refractivity contribution in [2.24, 2.45) is 5.92 Å². The molecule has 1 saturated heterocycles. The van der Waals surface area contributed by atoms with Crippen molar-refractivity contribution in [3.05, 3.63) is 17.8 Å². The van der Waals surface area contributed by atoms with Crippen molar-refractivity contribution < 1.29 is 27.8 Å². The number of nitrogens with zero attached hydrogens (tertiary/aromatic N) is 3. The molecule has 160 valence electrons. The third-order valence-electron chi connectivity index (χ3n) is 4.97. The van der Waals surface area contributed by atoms with Gasteiger partial charge in [-0.1, -0.05) is 0 Å². The standard InChI is InChI=1S/C20H27F2N3O4/c1-19(2,3)25(9-16(26)28-4)18(27)14-7-8-15(24-11-20(21,22)12-24)17(23-14)29-10-13-5-6-13/h7-8,13H,5-6,9-12H2,1-4H3. The van der Waals surface area contributed by atoms with Crippen LogP contribution >= 0.6 is 0 Å². The third kappa shape index (κ3) is 5.13. The van der Waals surface area contributed by atoms with Gasteiger partial charge in [0.25, 0.3) is 11.8 Å². The lowest BCUT2D eigenvalue weighted by Crippen LogP contribution is -2.56. The number of pyridine rings is 1. The smallest absolute Gasteiger partial charge is 0.325 e. The SMILES string of the molecule is COC(=O)CN(C(=O)c1ccc(N2CC(F)(F)C2)c(OCC2CC2)n1)C(C)(C)C. The van der Waals surface area contributed by atoms with E-state index in [0.29, 0.717) is 18.2 Å². The molecule has 0 bridgehead atoms. The zero-order valence-corrected chi connectivity index (χ0v) is 17.2. The molecule has 1 aliphatic carbocycles. The molecule has 0 atom stereocenters. The van der Waals surface area contributed by atoms with Crippen molar-refractivity contribution >= 4 is 17.6 Å². The van der Waals surface area contributed by atoms with Crippen molar-refractivity contribution in [3.8, 4) is 5.88 Å². The van der Waals surface area contributed by atoms with Crippen molar-refractivity contribution in [3.63, 3.8) is 0 Å². The number of carbonyl (C=O) groups excluding carboxylic acids is 2. The van der Waals surface area contributed by atoms with Crippen molar-refractivity contribution in [2.75, 3.05) is 38.3 Å². The maximum Gasteiger partial charge on any atom is 0.325 e. The Balaban J connectivity index is 1.86. The molecule has 1 aromatic heterocycles. The summed E-state index contributed by atoms with van der Waals surface area (Å²) in [7, 11) is 1.26. The highest BCUT2D eigenvalue weighted by atomic mass is 19.3. The Kier molecular flexibility index (Phi) is 5.69. The molecule has 0 radical (unpaired) electrons. The minimum Gasteiger partial charge on any atom is -0.476 e. The number of ether oxygens (including phenoxy) is 2. The second-order valence-electron chi connectivity index (χ2n) is 8.63. The molecular weight excluding hydrogens is 384 g/mol. The summed E-state index contributed by atoms with van der Waals surface area (Å²) in [6, 6.07) is 3.06. The number of rotatable bonds is 7. The Bertz CT molecular complexity index is 782. The molecule has 1 saturated carbocycles. The first-order chi connectivity index (χ1) is 13.5. The lowest BCUT2D eigenvalue weighted by Gasteiger charge is -2.40. The predicted molar refractivity (Wildman–Crippen MR) is 102 cm³/mol. The number of carbonyl (C=O) groups is 2. The fourth-order valence-electron chi connectivity index (χ4n) is 3.01. The second-order valence-corrected chi connectivity index (χ2v) is 8.63. The van der Waals surface area contributed by atoms with Gasteiger partial charge < -0.3 is 19.3 Å². The molecule has 2 heterocycles. The Hall–Kier alpha value is -2.45. The van der Waals surface area contributed by atoms with E-state index in [-0.39, 0.29) is 18.1 Å². The summed E-state index contributed by atoms with van der Waals surface area (Å²) in [5.74, 6) is -3.12. The Morgan fingerprint density at radius 3 is 2.45 bits per heavy atom. The van der Waals surface area contributed by atoms with Crippen LogP contribution in [0.1, 0.15) is 44.1 Å². The van der Waals surface area contributed by atoms with Gasteiger partial charge in [0, 0.05) is 5.54 Å². The lowest BCUT2D eigenvalue weighted by atomic mass is 10.0. The van der Waals surface area contributed by atoms with Crippen LogP contribution in [-0.2, 0) is 9.53 Å². The van der Waals surface area contributed by atoms with Crippen LogP contribution < -0.4 is 9.64 Å². The zero-order valence-electron chi connectivity index (χ0n) is 17.2. The zero-order chi connectivity index (χ0) is 21.4. The highest BCUT2D eigenvalue weighted by Gasteiger charge is 2.45. The summed E-state index contributed by atoms with van der Waals surface area (Å²) >= 11 is 0.